The van der Waals surface area contributed by atoms with Gasteiger partial charge in [-0.05, 0) is 46.9 Å². The average molecular weight is 457 g/mol. The number of carbonyl (C=O) groups is 2. The van der Waals surface area contributed by atoms with Gasteiger partial charge in [-0.25, -0.2) is 0 Å². The molecule has 2 aliphatic rings. The number of hydrogen-bond donors (Lipinski definition) is 0. The van der Waals surface area contributed by atoms with E-state index >= 15 is 0 Å². The highest BCUT2D eigenvalue weighted by atomic mass is 16.5. The van der Waals surface area contributed by atoms with Crippen molar-refractivity contribution in [3.63, 3.8) is 0 Å². The highest BCUT2D eigenvalue weighted by molar-refractivity contribution is 6.01. The molecule has 1 atom stereocenters. The quantitative estimate of drug-likeness (QED) is 0.565. The zero-order valence-corrected chi connectivity index (χ0v) is 19.5. The fourth-order valence-corrected chi connectivity index (χ4v) is 4.98. The van der Waals surface area contributed by atoms with E-state index in [4.69, 9.17) is 9.47 Å². The second-order valence-electron chi connectivity index (χ2n) is 8.78. The number of hydrogen-bond acceptors (Lipinski definition) is 4. The van der Waals surface area contributed by atoms with E-state index in [1.54, 1.807) is 19.1 Å². The molecule has 0 bridgehead atoms. The Labute approximate surface area is 199 Å². The maximum absolute atomic E-state index is 13.9. The monoisotopic (exact) mass is 456 g/mol. The summed E-state index contributed by atoms with van der Waals surface area (Å²) in [5.41, 5.74) is 4.90. The van der Waals surface area contributed by atoms with Crippen LogP contribution in [0.15, 0.2) is 66.7 Å². The van der Waals surface area contributed by atoms with Gasteiger partial charge in [-0.1, -0.05) is 48.5 Å². The number of ether oxygens (including phenoxy) is 2. The van der Waals surface area contributed by atoms with Gasteiger partial charge in [0.15, 0.2) is 11.5 Å². The lowest BCUT2D eigenvalue weighted by atomic mass is 9.97. The van der Waals surface area contributed by atoms with E-state index in [9.17, 15) is 9.59 Å². The van der Waals surface area contributed by atoms with Crippen molar-refractivity contribution < 1.29 is 19.1 Å². The minimum atomic E-state index is -0.566. The van der Waals surface area contributed by atoms with Crippen molar-refractivity contribution in [2.24, 2.45) is 0 Å². The number of nitrogens with zero attached hydrogens (tertiary/aromatic N) is 2. The van der Waals surface area contributed by atoms with E-state index in [-0.39, 0.29) is 11.8 Å². The molecule has 0 aliphatic carbocycles. The maximum Gasteiger partial charge on any atom is 0.255 e. The second kappa shape index (κ2) is 9.21. The molecular weight excluding hydrogens is 428 g/mol. The van der Waals surface area contributed by atoms with Gasteiger partial charge in [0.1, 0.15) is 6.04 Å². The topological polar surface area (TPSA) is 59.1 Å². The van der Waals surface area contributed by atoms with E-state index < -0.39 is 6.04 Å². The number of amides is 2. The summed E-state index contributed by atoms with van der Waals surface area (Å²) < 4.78 is 10.9. The fourth-order valence-electron chi connectivity index (χ4n) is 4.98. The number of rotatable bonds is 6. The Morgan fingerprint density at radius 1 is 0.882 bits per heavy atom. The van der Waals surface area contributed by atoms with E-state index in [0.29, 0.717) is 43.1 Å². The molecule has 5 rings (SSSR count). The molecule has 6 nitrogen and oxygen atoms in total. The van der Waals surface area contributed by atoms with Crippen LogP contribution in [0.5, 0.6) is 11.5 Å². The van der Waals surface area contributed by atoms with Crippen LogP contribution in [0.2, 0.25) is 0 Å². The molecular formula is C28H28N2O4. The lowest BCUT2D eigenvalue weighted by molar-refractivity contribution is -0.137. The van der Waals surface area contributed by atoms with Gasteiger partial charge in [-0.3, -0.25) is 9.59 Å². The Bertz CT molecular complexity index is 1220. The van der Waals surface area contributed by atoms with Gasteiger partial charge < -0.3 is 19.3 Å². The third kappa shape index (κ3) is 4.00. The molecule has 0 N–H and O–H groups in total. The zero-order chi connectivity index (χ0) is 23.7. The van der Waals surface area contributed by atoms with Gasteiger partial charge in [0.05, 0.1) is 14.2 Å². The van der Waals surface area contributed by atoms with E-state index in [0.717, 1.165) is 28.7 Å². The first-order valence-corrected chi connectivity index (χ1v) is 11.5. The van der Waals surface area contributed by atoms with Crippen LogP contribution in [0.25, 0.3) is 0 Å². The van der Waals surface area contributed by atoms with Crippen LogP contribution in [0.1, 0.15) is 32.6 Å². The van der Waals surface area contributed by atoms with Crippen molar-refractivity contribution in [3.05, 3.63) is 94.5 Å². The standard InChI is InChI=1S/C28H28N2O4/c1-33-25-15-20-12-13-29(17-22(20)16-26(25)34-2)28(32)24(14-19-8-4-3-5-9-19)30-18-21-10-6-7-11-23(21)27(30)31/h3-11,15-16,24H,12-14,17-18H2,1-2H3. The smallest absolute Gasteiger partial charge is 0.255 e. The Hall–Kier alpha value is -3.80. The molecule has 0 saturated heterocycles. The summed E-state index contributed by atoms with van der Waals surface area (Å²) in [5, 5.41) is 0. The van der Waals surface area contributed by atoms with Crippen LogP contribution < -0.4 is 9.47 Å². The van der Waals surface area contributed by atoms with Crippen molar-refractivity contribution in [1.82, 2.24) is 9.80 Å². The molecule has 174 valence electrons. The summed E-state index contributed by atoms with van der Waals surface area (Å²) in [6.45, 7) is 1.53. The summed E-state index contributed by atoms with van der Waals surface area (Å²) in [4.78, 5) is 30.9. The molecule has 2 aliphatic heterocycles. The Balaban J connectivity index is 1.44. The Kier molecular flexibility index (Phi) is 5.97. The first-order valence-electron chi connectivity index (χ1n) is 11.5. The van der Waals surface area contributed by atoms with Crippen LogP contribution in [-0.4, -0.2) is 48.4 Å². The van der Waals surface area contributed by atoms with E-state index in [1.165, 1.54) is 0 Å². The lowest BCUT2D eigenvalue weighted by Crippen LogP contribution is -2.51. The highest BCUT2D eigenvalue weighted by Gasteiger charge is 2.38. The maximum atomic E-state index is 13.9. The predicted molar refractivity (Wildman–Crippen MR) is 129 cm³/mol. The molecule has 2 amide bonds. The van der Waals surface area contributed by atoms with Crippen LogP contribution in [0, 0.1) is 0 Å². The molecule has 0 spiro atoms. The van der Waals surface area contributed by atoms with Gasteiger partial charge in [0.2, 0.25) is 5.91 Å². The predicted octanol–water partition coefficient (Wildman–Crippen LogP) is 3.86. The van der Waals surface area contributed by atoms with Gasteiger partial charge in [-0.2, -0.15) is 0 Å². The normalized spacial score (nSPS) is 15.5. The minimum Gasteiger partial charge on any atom is -0.493 e. The largest absolute Gasteiger partial charge is 0.493 e. The molecule has 3 aromatic rings. The molecule has 0 saturated carbocycles. The number of benzene rings is 3. The second-order valence-corrected chi connectivity index (χ2v) is 8.78. The van der Waals surface area contributed by atoms with Gasteiger partial charge in [-0.15, -0.1) is 0 Å². The average Bonchev–Trinajstić information content (AvgIpc) is 3.22. The third-order valence-corrected chi connectivity index (χ3v) is 6.81. The van der Waals surface area contributed by atoms with Crippen molar-refractivity contribution in [1.29, 1.82) is 0 Å². The van der Waals surface area contributed by atoms with Crippen LogP contribution in [0.3, 0.4) is 0 Å². The molecule has 34 heavy (non-hydrogen) atoms. The minimum absolute atomic E-state index is 0.0227. The zero-order valence-electron chi connectivity index (χ0n) is 19.5. The molecule has 2 heterocycles. The van der Waals surface area contributed by atoms with Crippen LogP contribution in [0.4, 0.5) is 0 Å². The van der Waals surface area contributed by atoms with Crippen LogP contribution in [-0.2, 0) is 30.7 Å². The van der Waals surface area contributed by atoms with Gasteiger partial charge in [0.25, 0.3) is 5.91 Å². The van der Waals surface area contributed by atoms with E-state index in [2.05, 4.69) is 0 Å². The first kappa shape index (κ1) is 22.0. The fraction of sp³-hybridized carbons (Fsp3) is 0.286. The molecule has 0 radical (unpaired) electrons. The molecule has 6 heteroatoms. The Morgan fingerprint density at radius 2 is 1.56 bits per heavy atom. The first-order chi connectivity index (χ1) is 16.6. The Morgan fingerprint density at radius 3 is 2.26 bits per heavy atom. The molecule has 0 fully saturated rings. The highest BCUT2D eigenvalue weighted by Crippen LogP contribution is 2.34. The van der Waals surface area contributed by atoms with Gasteiger partial charge in [0, 0.05) is 31.6 Å². The number of carbonyl (C=O) groups excluding carboxylic acids is 2. The van der Waals surface area contributed by atoms with Crippen molar-refractivity contribution >= 4 is 11.8 Å². The third-order valence-electron chi connectivity index (χ3n) is 6.81. The van der Waals surface area contributed by atoms with Crippen molar-refractivity contribution in [2.45, 2.75) is 32.0 Å². The van der Waals surface area contributed by atoms with Gasteiger partial charge >= 0.3 is 0 Å². The molecule has 1 unspecified atom stereocenters. The number of methoxy groups -OCH3 is 2. The molecule has 0 aromatic heterocycles. The summed E-state index contributed by atoms with van der Waals surface area (Å²) in [7, 11) is 3.24. The van der Waals surface area contributed by atoms with E-state index in [1.807, 2.05) is 71.6 Å². The lowest BCUT2D eigenvalue weighted by Gasteiger charge is -2.35. The number of fused-ring (bicyclic) bond motifs is 2. The molecule has 3 aromatic carbocycles. The summed E-state index contributed by atoms with van der Waals surface area (Å²) in [5.74, 6) is 1.25. The summed E-state index contributed by atoms with van der Waals surface area (Å²) in [6.07, 6.45) is 1.21. The van der Waals surface area contributed by atoms with Crippen molar-refractivity contribution in [3.8, 4) is 11.5 Å². The van der Waals surface area contributed by atoms with Crippen LogP contribution >= 0.6 is 0 Å². The van der Waals surface area contributed by atoms with Crippen molar-refractivity contribution in [2.75, 3.05) is 20.8 Å². The summed E-state index contributed by atoms with van der Waals surface area (Å²) in [6, 6.07) is 20.9. The SMILES string of the molecule is COc1cc2c(cc1OC)CN(C(=O)C(Cc1ccccc1)N1Cc3ccccc3C1=O)CC2. The summed E-state index contributed by atoms with van der Waals surface area (Å²) >= 11 is 0.